The third-order valence-corrected chi connectivity index (χ3v) is 7.31. The van der Waals surface area contributed by atoms with Crippen molar-refractivity contribution in [3.05, 3.63) is 55.9 Å². The number of rotatable bonds is 8. The van der Waals surface area contributed by atoms with Crippen LogP contribution in [0.3, 0.4) is 0 Å². The first kappa shape index (κ1) is 22.0. The molecule has 0 fully saturated rings. The normalized spacial score (nSPS) is 11.5. The molecule has 3 aromatic heterocycles. The number of thiophene rings is 1. The van der Waals surface area contributed by atoms with E-state index in [9.17, 15) is 4.79 Å². The summed E-state index contributed by atoms with van der Waals surface area (Å²) in [6, 6.07) is 7.55. The second kappa shape index (κ2) is 9.52. The highest BCUT2D eigenvalue weighted by atomic mass is 35.5. The maximum Gasteiger partial charge on any atom is 0.259 e. The van der Waals surface area contributed by atoms with Gasteiger partial charge in [-0.2, -0.15) is 0 Å². The van der Waals surface area contributed by atoms with Crippen LogP contribution >= 0.6 is 34.7 Å². The van der Waals surface area contributed by atoms with Gasteiger partial charge in [-0.1, -0.05) is 23.4 Å². The van der Waals surface area contributed by atoms with E-state index in [2.05, 4.69) is 24.7 Å². The molecule has 0 saturated heterocycles. The molecule has 162 valence electrons. The Labute approximate surface area is 192 Å². The Kier molecular flexibility index (Phi) is 6.76. The van der Waals surface area contributed by atoms with Crippen LogP contribution in [-0.4, -0.2) is 38.4 Å². The standard InChI is InChI=1S/C21H22ClN5O2S2/c1-12-13(2)31-20-17(12)19(28)23-16(24-20)11-30-21-26-25-18(27(21)9-4-10-29-3)14-5-7-15(22)8-6-14/h5-8H,4,9-11H2,1-3H3,(H,23,24,28). The number of nitrogens with zero attached hydrogens (tertiary/aromatic N) is 4. The van der Waals surface area contributed by atoms with E-state index < -0.39 is 0 Å². The molecule has 0 radical (unpaired) electrons. The van der Waals surface area contributed by atoms with Crippen molar-refractivity contribution in [2.75, 3.05) is 13.7 Å². The van der Waals surface area contributed by atoms with Crippen molar-refractivity contribution in [1.29, 1.82) is 0 Å². The second-order valence-corrected chi connectivity index (χ2v) is 9.66. The Morgan fingerprint density at radius 2 is 2.00 bits per heavy atom. The molecule has 0 aliphatic heterocycles. The smallest absolute Gasteiger partial charge is 0.259 e. The molecule has 0 bridgehead atoms. The van der Waals surface area contributed by atoms with Gasteiger partial charge in [0.15, 0.2) is 11.0 Å². The number of benzene rings is 1. The van der Waals surface area contributed by atoms with Gasteiger partial charge in [0.2, 0.25) is 0 Å². The fourth-order valence-electron chi connectivity index (χ4n) is 3.28. The number of nitrogens with one attached hydrogen (secondary N) is 1. The molecule has 0 amide bonds. The highest BCUT2D eigenvalue weighted by molar-refractivity contribution is 7.98. The van der Waals surface area contributed by atoms with Crippen molar-refractivity contribution in [1.82, 2.24) is 24.7 Å². The molecule has 0 aliphatic rings. The van der Waals surface area contributed by atoms with Crippen LogP contribution in [0.2, 0.25) is 5.02 Å². The zero-order valence-corrected chi connectivity index (χ0v) is 19.8. The quantitative estimate of drug-likeness (QED) is 0.290. The number of fused-ring (bicyclic) bond motifs is 1. The molecule has 1 N–H and O–H groups in total. The molecule has 7 nitrogen and oxygen atoms in total. The average Bonchev–Trinajstić information content (AvgIpc) is 3.28. The number of aromatic nitrogens is 5. The molecular weight excluding hydrogens is 454 g/mol. The van der Waals surface area contributed by atoms with Crippen LogP contribution in [0, 0.1) is 13.8 Å². The van der Waals surface area contributed by atoms with Crippen molar-refractivity contribution in [2.45, 2.75) is 37.7 Å². The first-order valence-electron chi connectivity index (χ1n) is 9.77. The molecule has 3 heterocycles. The van der Waals surface area contributed by atoms with Gasteiger partial charge in [0.05, 0.1) is 11.1 Å². The molecule has 0 unspecified atom stereocenters. The van der Waals surface area contributed by atoms with Gasteiger partial charge < -0.3 is 14.3 Å². The number of methoxy groups -OCH3 is 1. The maximum atomic E-state index is 12.5. The van der Waals surface area contributed by atoms with E-state index in [4.69, 9.17) is 16.3 Å². The lowest BCUT2D eigenvalue weighted by molar-refractivity contribution is 0.189. The van der Waals surface area contributed by atoms with Gasteiger partial charge in [-0.3, -0.25) is 4.79 Å². The summed E-state index contributed by atoms with van der Waals surface area (Å²) in [4.78, 5) is 22.0. The number of halogens is 1. The fraction of sp³-hybridized carbons (Fsp3) is 0.333. The Morgan fingerprint density at radius 1 is 1.23 bits per heavy atom. The number of thioether (sulfide) groups is 1. The van der Waals surface area contributed by atoms with Crippen molar-refractivity contribution < 1.29 is 4.74 Å². The van der Waals surface area contributed by atoms with E-state index in [-0.39, 0.29) is 5.56 Å². The van der Waals surface area contributed by atoms with Gasteiger partial charge in [-0.05, 0) is 50.1 Å². The summed E-state index contributed by atoms with van der Waals surface area (Å²) in [5, 5.41) is 10.9. The third kappa shape index (κ3) is 4.69. The van der Waals surface area contributed by atoms with E-state index in [1.54, 1.807) is 18.4 Å². The van der Waals surface area contributed by atoms with Gasteiger partial charge >= 0.3 is 0 Å². The van der Waals surface area contributed by atoms with Crippen LogP contribution < -0.4 is 5.56 Å². The Balaban J connectivity index is 1.61. The van der Waals surface area contributed by atoms with Crippen LogP contribution in [-0.2, 0) is 17.0 Å². The second-order valence-electron chi connectivity index (χ2n) is 7.08. The van der Waals surface area contributed by atoms with Gasteiger partial charge in [0.25, 0.3) is 5.56 Å². The Hall–Kier alpha value is -2.20. The van der Waals surface area contributed by atoms with Crippen LogP contribution in [0.1, 0.15) is 22.7 Å². The summed E-state index contributed by atoms with van der Waals surface area (Å²) in [6.07, 6.45) is 0.831. The molecule has 0 atom stereocenters. The average molecular weight is 476 g/mol. The SMILES string of the molecule is COCCCn1c(SCc2nc3sc(C)c(C)c3c(=O)[nH]2)nnc1-c1ccc(Cl)cc1. The zero-order valence-electron chi connectivity index (χ0n) is 17.4. The number of hydrogen-bond donors (Lipinski definition) is 1. The van der Waals surface area contributed by atoms with Gasteiger partial charge in [-0.25, -0.2) is 4.98 Å². The minimum absolute atomic E-state index is 0.0918. The van der Waals surface area contributed by atoms with Crippen LogP contribution in [0.4, 0.5) is 0 Å². The molecule has 1 aromatic carbocycles. The summed E-state index contributed by atoms with van der Waals surface area (Å²) in [7, 11) is 1.69. The molecule has 0 spiro atoms. The zero-order chi connectivity index (χ0) is 22.0. The number of ether oxygens (including phenoxy) is 1. The predicted molar refractivity (Wildman–Crippen MR) is 126 cm³/mol. The van der Waals surface area contributed by atoms with Crippen molar-refractivity contribution >= 4 is 44.9 Å². The summed E-state index contributed by atoms with van der Waals surface area (Å²) in [5.74, 6) is 1.89. The van der Waals surface area contributed by atoms with E-state index in [0.717, 1.165) is 38.2 Å². The van der Waals surface area contributed by atoms with Crippen molar-refractivity contribution in [2.24, 2.45) is 0 Å². The Morgan fingerprint density at radius 3 is 2.74 bits per heavy atom. The molecule has 4 aromatic rings. The predicted octanol–water partition coefficient (Wildman–Crippen LogP) is 4.84. The summed E-state index contributed by atoms with van der Waals surface area (Å²) in [6.45, 7) is 5.33. The monoisotopic (exact) mass is 475 g/mol. The largest absolute Gasteiger partial charge is 0.385 e. The van der Waals surface area contributed by atoms with Gasteiger partial charge in [-0.15, -0.1) is 21.5 Å². The summed E-state index contributed by atoms with van der Waals surface area (Å²) < 4.78 is 7.28. The van der Waals surface area contributed by atoms with Crippen LogP contribution in [0.25, 0.3) is 21.6 Å². The minimum Gasteiger partial charge on any atom is -0.385 e. The molecule has 0 aliphatic carbocycles. The lowest BCUT2D eigenvalue weighted by Gasteiger charge is -2.10. The minimum atomic E-state index is -0.0918. The lowest BCUT2D eigenvalue weighted by atomic mass is 10.2. The van der Waals surface area contributed by atoms with Crippen LogP contribution in [0.5, 0.6) is 0 Å². The summed E-state index contributed by atoms with van der Waals surface area (Å²) in [5.41, 5.74) is 1.85. The highest BCUT2D eigenvalue weighted by Gasteiger charge is 2.16. The number of hydrogen-bond acceptors (Lipinski definition) is 7. The lowest BCUT2D eigenvalue weighted by Crippen LogP contribution is -2.11. The van der Waals surface area contributed by atoms with Crippen molar-refractivity contribution in [3.8, 4) is 11.4 Å². The highest BCUT2D eigenvalue weighted by Crippen LogP contribution is 2.29. The third-order valence-electron chi connectivity index (χ3n) is 4.98. The topological polar surface area (TPSA) is 85.7 Å². The number of aromatic amines is 1. The van der Waals surface area contributed by atoms with E-state index in [0.29, 0.717) is 35.1 Å². The number of H-pyrrole nitrogens is 1. The summed E-state index contributed by atoms with van der Waals surface area (Å²) >= 11 is 9.08. The van der Waals surface area contributed by atoms with Crippen molar-refractivity contribution in [3.63, 3.8) is 0 Å². The first-order valence-corrected chi connectivity index (χ1v) is 12.0. The molecular formula is C21H22ClN5O2S2. The van der Waals surface area contributed by atoms with E-state index >= 15 is 0 Å². The van der Waals surface area contributed by atoms with Gasteiger partial charge in [0, 0.05) is 35.7 Å². The fourth-order valence-corrected chi connectivity index (χ4v) is 5.29. The Bertz CT molecular complexity index is 1260. The molecule has 31 heavy (non-hydrogen) atoms. The maximum absolute atomic E-state index is 12.5. The van der Waals surface area contributed by atoms with E-state index in [1.807, 2.05) is 38.1 Å². The van der Waals surface area contributed by atoms with Crippen LogP contribution in [0.15, 0.2) is 34.2 Å². The molecule has 0 saturated carbocycles. The first-order chi connectivity index (χ1) is 15.0. The number of aryl methyl sites for hydroxylation is 2. The molecule has 10 heteroatoms. The molecule has 4 rings (SSSR count). The van der Waals surface area contributed by atoms with Gasteiger partial charge in [0.1, 0.15) is 10.7 Å². The van der Waals surface area contributed by atoms with E-state index in [1.165, 1.54) is 11.8 Å².